The van der Waals surface area contributed by atoms with Crippen LogP contribution in [-0.2, 0) is 6.54 Å². The lowest BCUT2D eigenvalue weighted by atomic mass is 10.2. The SMILES string of the molecule is CCCCOc1ccc(C(=O)N(CCn2cccn2)c2nc3c(OCC)cccc3s2)cc1. The largest absolute Gasteiger partial charge is 0.494 e. The van der Waals surface area contributed by atoms with E-state index in [0.29, 0.717) is 37.0 Å². The van der Waals surface area contributed by atoms with Gasteiger partial charge < -0.3 is 9.47 Å². The Balaban J connectivity index is 1.61. The molecular weight excluding hydrogens is 436 g/mol. The summed E-state index contributed by atoms with van der Waals surface area (Å²) in [7, 11) is 0. The molecule has 4 aromatic rings. The summed E-state index contributed by atoms with van der Waals surface area (Å²) in [5.74, 6) is 1.38. The Morgan fingerprint density at radius 2 is 1.94 bits per heavy atom. The maximum Gasteiger partial charge on any atom is 0.260 e. The van der Waals surface area contributed by atoms with Crippen LogP contribution in [0.15, 0.2) is 60.9 Å². The van der Waals surface area contributed by atoms with Crippen molar-refractivity contribution in [1.29, 1.82) is 0 Å². The maximum absolute atomic E-state index is 13.6. The van der Waals surface area contributed by atoms with Crippen molar-refractivity contribution in [2.45, 2.75) is 33.2 Å². The van der Waals surface area contributed by atoms with Crippen LogP contribution in [0.2, 0.25) is 0 Å². The number of fused-ring (bicyclic) bond motifs is 1. The van der Waals surface area contributed by atoms with Gasteiger partial charge in [0, 0.05) is 24.5 Å². The molecule has 0 aliphatic heterocycles. The molecule has 0 saturated heterocycles. The highest BCUT2D eigenvalue weighted by atomic mass is 32.1. The number of anilines is 1. The number of unbranched alkanes of at least 4 members (excludes halogenated alkanes) is 1. The van der Waals surface area contributed by atoms with Gasteiger partial charge >= 0.3 is 0 Å². The molecule has 33 heavy (non-hydrogen) atoms. The van der Waals surface area contributed by atoms with Gasteiger partial charge in [-0.2, -0.15) is 5.10 Å². The van der Waals surface area contributed by atoms with Gasteiger partial charge in [0.05, 0.1) is 24.5 Å². The minimum atomic E-state index is -0.112. The van der Waals surface area contributed by atoms with Crippen molar-refractivity contribution in [1.82, 2.24) is 14.8 Å². The molecule has 0 radical (unpaired) electrons. The first-order valence-corrected chi connectivity index (χ1v) is 12.1. The van der Waals surface area contributed by atoms with Gasteiger partial charge in [-0.25, -0.2) is 4.98 Å². The predicted octanol–water partition coefficient (Wildman–Crippen LogP) is 5.42. The van der Waals surface area contributed by atoms with Crippen LogP contribution >= 0.6 is 11.3 Å². The van der Waals surface area contributed by atoms with E-state index in [1.807, 2.05) is 66.3 Å². The van der Waals surface area contributed by atoms with E-state index in [4.69, 9.17) is 14.5 Å². The van der Waals surface area contributed by atoms with Gasteiger partial charge in [0.15, 0.2) is 5.13 Å². The number of rotatable bonds is 11. The summed E-state index contributed by atoms with van der Waals surface area (Å²) in [6.45, 7) is 6.31. The van der Waals surface area contributed by atoms with Crippen molar-refractivity contribution in [3.05, 3.63) is 66.5 Å². The Bertz CT molecular complexity index is 1170. The van der Waals surface area contributed by atoms with Crippen LogP contribution in [-0.4, -0.2) is 40.4 Å². The Morgan fingerprint density at radius 3 is 2.67 bits per heavy atom. The zero-order chi connectivity index (χ0) is 23.0. The minimum Gasteiger partial charge on any atom is -0.494 e. The summed E-state index contributed by atoms with van der Waals surface area (Å²) < 4.78 is 14.3. The Morgan fingerprint density at radius 1 is 1.09 bits per heavy atom. The fourth-order valence-corrected chi connectivity index (χ4v) is 4.41. The van der Waals surface area contributed by atoms with Gasteiger partial charge in [-0.15, -0.1) is 0 Å². The highest BCUT2D eigenvalue weighted by molar-refractivity contribution is 7.22. The second kappa shape index (κ2) is 11.0. The molecule has 0 fully saturated rings. The molecule has 7 nitrogen and oxygen atoms in total. The molecule has 0 aliphatic rings. The topological polar surface area (TPSA) is 69.5 Å². The average Bonchev–Trinajstić information content (AvgIpc) is 3.50. The van der Waals surface area contributed by atoms with E-state index in [2.05, 4.69) is 12.0 Å². The van der Waals surface area contributed by atoms with Gasteiger partial charge in [-0.05, 0) is 55.8 Å². The van der Waals surface area contributed by atoms with Crippen molar-refractivity contribution >= 4 is 32.6 Å². The van der Waals surface area contributed by atoms with Gasteiger partial charge in [0.2, 0.25) is 0 Å². The summed E-state index contributed by atoms with van der Waals surface area (Å²) in [6.07, 6.45) is 5.70. The van der Waals surface area contributed by atoms with Gasteiger partial charge in [-0.3, -0.25) is 14.4 Å². The van der Waals surface area contributed by atoms with E-state index in [0.717, 1.165) is 34.6 Å². The Kier molecular flexibility index (Phi) is 7.57. The highest BCUT2D eigenvalue weighted by Gasteiger charge is 2.22. The number of carbonyl (C=O) groups is 1. The zero-order valence-electron chi connectivity index (χ0n) is 18.9. The molecule has 1 amide bonds. The second-order valence-corrected chi connectivity index (χ2v) is 8.49. The Hall–Kier alpha value is -3.39. The summed E-state index contributed by atoms with van der Waals surface area (Å²) in [4.78, 5) is 20.1. The van der Waals surface area contributed by atoms with E-state index in [1.165, 1.54) is 11.3 Å². The molecule has 0 spiro atoms. The van der Waals surface area contributed by atoms with E-state index in [1.54, 1.807) is 11.1 Å². The molecule has 0 bridgehead atoms. The number of carbonyl (C=O) groups excluding carboxylic acids is 1. The first-order valence-electron chi connectivity index (χ1n) is 11.2. The highest BCUT2D eigenvalue weighted by Crippen LogP contribution is 2.35. The van der Waals surface area contributed by atoms with Crippen molar-refractivity contribution < 1.29 is 14.3 Å². The fourth-order valence-electron chi connectivity index (χ4n) is 3.40. The molecule has 2 aromatic carbocycles. The molecule has 2 heterocycles. The molecule has 0 unspecified atom stereocenters. The first-order chi connectivity index (χ1) is 16.2. The molecule has 0 N–H and O–H groups in total. The van der Waals surface area contributed by atoms with Crippen molar-refractivity contribution in [2.24, 2.45) is 0 Å². The van der Waals surface area contributed by atoms with Crippen molar-refractivity contribution in [2.75, 3.05) is 24.7 Å². The van der Waals surface area contributed by atoms with E-state index >= 15 is 0 Å². The molecule has 8 heteroatoms. The normalized spacial score (nSPS) is 11.0. The summed E-state index contributed by atoms with van der Waals surface area (Å²) >= 11 is 1.48. The molecule has 172 valence electrons. The summed E-state index contributed by atoms with van der Waals surface area (Å²) in [5, 5.41) is 4.90. The number of para-hydroxylation sites is 1. The molecule has 0 atom stereocenters. The third kappa shape index (κ3) is 5.51. The average molecular weight is 465 g/mol. The van der Waals surface area contributed by atoms with Crippen LogP contribution in [0.1, 0.15) is 37.0 Å². The summed E-state index contributed by atoms with van der Waals surface area (Å²) in [5.41, 5.74) is 1.36. The lowest BCUT2D eigenvalue weighted by molar-refractivity contribution is 0.0985. The van der Waals surface area contributed by atoms with Crippen LogP contribution < -0.4 is 14.4 Å². The first kappa shape index (κ1) is 22.8. The fraction of sp³-hybridized carbons (Fsp3) is 0.320. The third-order valence-corrected chi connectivity index (χ3v) is 6.17. The van der Waals surface area contributed by atoms with Gasteiger partial charge in [0.25, 0.3) is 5.91 Å². The number of nitrogens with zero attached hydrogens (tertiary/aromatic N) is 4. The number of aromatic nitrogens is 3. The van der Waals surface area contributed by atoms with Crippen LogP contribution in [0.5, 0.6) is 11.5 Å². The van der Waals surface area contributed by atoms with Crippen LogP contribution in [0.3, 0.4) is 0 Å². The lowest BCUT2D eigenvalue weighted by Crippen LogP contribution is -2.34. The minimum absolute atomic E-state index is 0.112. The van der Waals surface area contributed by atoms with E-state index in [-0.39, 0.29) is 5.91 Å². The van der Waals surface area contributed by atoms with Gasteiger partial charge in [-0.1, -0.05) is 30.7 Å². The molecule has 4 rings (SSSR count). The standard InChI is InChI=1S/C25H28N4O3S/c1-3-5-18-32-20-12-10-19(11-13-20)24(30)29(17-16-28-15-7-14-26-28)25-27-23-21(31-4-2)8-6-9-22(23)33-25/h6-15H,3-5,16-18H2,1-2H3. The number of ether oxygens (including phenoxy) is 2. The molecular formula is C25H28N4O3S. The molecule has 2 aromatic heterocycles. The molecule has 0 saturated carbocycles. The number of thiazole rings is 1. The van der Waals surface area contributed by atoms with Crippen molar-refractivity contribution in [3.63, 3.8) is 0 Å². The van der Waals surface area contributed by atoms with E-state index < -0.39 is 0 Å². The second-order valence-electron chi connectivity index (χ2n) is 7.48. The number of amides is 1. The number of benzene rings is 2. The monoisotopic (exact) mass is 464 g/mol. The lowest BCUT2D eigenvalue weighted by Gasteiger charge is -2.20. The zero-order valence-corrected chi connectivity index (χ0v) is 19.8. The Labute approximate surface area is 197 Å². The maximum atomic E-state index is 13.6. The van der Waals surface area contributed by atoms with Crippen LogP contribution in [0.25, 0.3) is 10.2 Å². The smallest absolute Gasteiger partial charge is 0.260 e. The van der Waals surface area contributed by atoms with Crippen LogP contribution in [0.4, 0.5) is 5.13 Å². The van der Waals surface area contributed by atoms with Crippen LogP contribution in [0, 0.1) is 0 Å². The third-order valence-electron chi connectivity index (χ3n) is 5.13. The molecule has 0 aliphatic carbocycles. The van der Waals surface area contributed by atoms with Crippen molar-refractivity contribution in [3.8, 4) is 11.5 Å². The van der Waals surface area contributed by atoms with E-state index in [9.17, 15) is 4.79 Å². The number of hydrogen-bond donors (Lipinski definition) is 0. The number of hydrogen-bond acceptors (Lipinski definition) is 6. The van der Waals surface area contributed by atoms with Gasteiger partial charge in [0.1, 0.15) is 17.0 Å². The predicted molar refractivity (Wildman–Crippen MR) is 132 cm³/mol. The summed E-state index contributed by atoms with van der Waals surface area (Å²) in [6, 6.07) is 15.0. The quantitative estimate of drug-likeness (QED) is 0.277.